The molecule has 12 heavy (non-hydrogen) atoms. The Bertz CT molecular complexity index is 151. The molecule has 0 aromatic rings. The zero-order valence-electron chi connectivity index (χ0n) is 7.02. The fourth-order valence-corrected chi connectivity index (χ4v) is 1.60. The van der Waals surface area contributed by atoms with Gasteiger partial charge in [0.15, 0.2) is 0 Å². The molecule has 0 aromatic heterocycles. The van der Waals surface area contributed by atoms with E-state index in [0.717, 1.165) is 0 Å². The van der Waals surface area contributed by atoms with E-state index in [4.69, 9.17) is 5.73 Å². The van der Waals surface area contributed by atoms with Crippen molar-refractivity contribution >= 4 is 0 Å². The molecular formula is C8H15F2NO. The van der Waals surface area contributed by atoms with Gasteiger partial charge in [-0.3, -0.25) is 0 Å². The van der Waals surface area contributed by atoms with E-state index in [-0.39, 0.29) is 25.7 Å². The number of halogens is 2. The van der Waals surface area contributed by atoms with Crippen LogP contribution in [0.1, 0.15) is 32.1 Å². The molecule has 0 aliphatic heterocycles. The van der Waals surface area contributed by atoms with Gasteiger partial charge in [0, 0.05) is 12.8 Å². The van der Waals surface area contributed by atoms with Crippen LogP contribution in [0.25, 0.3) is 0 Å². The summed E-state index contributed by atoms with van der Waals surface area (Å²) in [5.74, 6) is -2.57. The number of hydrogen-bond donors (Lipinski definition) is 2. The molecule has 1 saturated carbocycles. The van der Waals surface area contributed by atoms with Gasteiger partial charge in [-0.1, -0.05) is 0 Å². The normalized spacial score (nSPS) is 27.0. The van der Waals surface area contributed by atoms with E-state index in [1.54, 1.807) is 0 Å². The van der Waals surface area contributed by atoms with E-state index in [0.29, 0.717) is 13.0 Å². The average molecular weight is 179 g/mol. The van der Waals surface area contributed by atoms with Crippen LogP contribution in [-0.4, -0.2) is 23.2 Å². The van der Waals surface area contributed by atoms with Crippen LogP contribution in [0.3, 0.4) is 0 Å². The zero-order chi connectivity index (χ0) is 9.24. The van der Waals surface area contributed by atoms with Gasteiger partial charge in [0.2, 0.25) is 5.92 Å². The third-order valence-corrected chi connectivity index (χ3v) is 2.52. The minimum atomic E-state index is -2.57. The number of aliphatic hydroxyl groups is 1. The lowest BCUT2D eigenvalue weighted by Gasteiger charge is -2.35. The highest BCUT2D eigenvalue weighted by Crippen LogP contribution is 2.39. The highest BCUT2D eigenvalue weighted by atomic mass is 19.3. The van der Waals surface area contributed by atoms with E-state index in [9.17, 15) is 13.9 Å². The molecule has 1 rings (SSSR count). The SMILES string of the molecule is NCCC1(O)CCC(F)(F)CC1. The third kappa shape index (κ3) is 2.38. The van der Waals surface area contributed by atoms with Gasteiger partial charge in [0.05, 0.1) is 5.60 Å². The van der Waals surface area contributed by atoms with Crippen molar-refractivity contribution in [2.45, 2.75) is 43.6 Å². The summed E-state index contributed by atoms with van der Waals surface area (Å²) in [4.78, 5) is 0. The molecule has 0 atom stereocenters. The topological polar surface area (TPSA) is 46.2 Å². The average Bonchev–Trinajstić information content (AvgIpc) is 1.98. The summed E-state index contributed by atoms with van der Waals surface area (Å²) < 4.78 is 25.3. The van der Waals surface area contributed by atoms with Crippen molar-refractivity contribution in [1.29, 1.82) is 0 Å². The van der Waals surface area contributed by atoms with Crippen LogP contribution in [0, 0.1) is 0 Å². The summed E-state index contributed by atoms with van der Waals surface area (Å²) in [7, 11) is 0. The molecule has 0 unspecified atom stereocenters. The van der Waals surface area contributed by atoms with Gasteiger partial charge in [-0.25, -0.2) is 8.78 Å². The Morgan fingerprint density at radius 2 is 1.67 bits per heavy atom. The van der Waals surface area contributed by atoms with Gasteiger partial charge in [0.25, 0.3) is 0 Å². The Labute approximate surface area is 70.8 Å². The van der Waals surface area contributed by atoms with Gasteiger partial charge in [-0.2, -0.15) is 0 Å². The minimum Gasteiger partial charge on any atom is -0.390 e. The molecular weight excluding hydrogens is 164 g/mol. The van der Waals surface area contributed by atoms with Crippen LogP contribution in [0.5, 0.6) is 0 Å². The molecule has 1 fully saturated rings. The maximum Gasteiger partial charge on any atom is 0.248 e. The fraction of sp³-hybridized carbons (Fsp3) is 1.00. The van der Waals surface area contributed by atoms with Crippen LogP contribution in [0.2, 0.25) is 0 Å². The Morgan fingerprint density at radius 3 is 2.08 bits per heavy atom. The van der Waals surface area contributed by atoms with Crippen LogP contribution in [-0.2, 0) is 0 Å². The predicted molar refractivity (Wildman–Crippen MR) is 42.0 cm³/mol. The predicted octanol–water partition coefficient (Wildman–Crippen LogP) is 1.28. The lowest BCUT2D eigenvalue weighted by molar-refractivity contribution is -0.105. The van der Waals surface area contributed by atoms with Crippen molar-refractivity contribution < 1.29 is 13.9 Å². The molecule has 1 aliphatic rings. The molecule has 0 amide bonds. The van der Waals surface area contributed by atoms with Gasteiger partial charge in [0.1, 0.15) is 0 Å². The maximum absolute atomic E-state index is 12.6. The smallest absolute Gasteiger partial charge is 0.248 e. The lowest BCUT2D eigenvalue weighted by atomic mass is 9.81. The summed E-state index contributed by atoms with van der Waals surface area (Å²) in [5, 5.41) is 9.69. The summed E-state index contributed by atoms with van der Waals surface area (Å²) in [6, 6.07) is 0. The summed E-state index contributed by atoms with van der Waals surface area (Å²) >= 11 is 0. The minimum absolute atomic E-state index is 0.178. The van der Waals surface area contributed by atoms with Crippen molar-refractivity contribution in [3.63, 3.8) is 0 Å². The zero-order valence-corrected chi connectivity index (χ0v) is 7.02. The standard InChI is InChI=1S/C8H15F2NO/c9-8(10)3-1-7(12,2-4-8)5-6-11/h12H,1-6,11H2. The highest BCUT2D eigenvalue weighted by Gasteiger charge is 2.41. The van der Waals surface area contributed by atoms with E-state index < -0.39 is 11.5 Å². The fourth-order valence-electron chi connectivity index (χ4n) is 1.60. The maximum atomic E-state index is 12.6. The van der Waals surface area contributed by atoms with Crippen LogP contribution >= 0.6 is 0 Å². The first-order valence-electron chi connectivity index (χ1n) is 4.28. The van der Waals surface area contributed by atoms with Crippen LogP contribution in [0.15, 0.2) is 0 Å². The van der Waals surface area contributed by atoms with Crippen molar-refractivity contribution in [3.8, 4) is 0 Å². The van der Waals surface area contributed by atoms with Gasteiger partial charge in [-0.15, -0.1) is 0 Å². The second kappa shape index (κ2) is 3.26. The van der Waals surface area contributed by atoms with Crippen molar-refractivity contribution in [2.24, 2.45) is 5.73 Å². The first-order chi connectivity index (χ1) is 5.47. The number of rotatable bonds is 2. The number of hydrogen-bond acceptors (Lipinski definition) is 2. The molecule has 72 valence electrons. The Hall–Kier alpha value is -0.220. The van der Waals surface area contributed by atoms with Gasteiger partial charge < -0.3 is 10.8 Å². The van der Waals surface area contributed by atoms with Crippen LogP contribution < -0.4 is 5.73 Å². The molecule has 0 saturated heterocycles. The lowest BCUT2D eigenvalue weighted by Crippen LogP contribution is -2.39. The quantitative estimate of drug-likeness (QED) is 0.670. The molecule has 2 nitrogen and oxygen atoms in total. The van der Waals surface area contributed by atoms with Crippen molar-refractivity contribution in [1.82, 2.24) is 0 Å². The monoisotopic (exact) mass is 179 g/mol. The molecule has 0 radical (unpaired) electrons. The number of alkyl halides is 2. The molecule has 0 heterocycles. The van der Waals surface area contributed by atoms with E-state index in [2.05, 4.69) is 0 Å². The first-order valence-corrected chi connectivity index (χ1v) is 4.28. The van der Waals surface area contributed by atoms with E-state index in [1.165, 1.54) is 0 Å². The molecule has 3 N–H and O–H groups in total. The third-order valence-electron chi connectivity index (χ3n) is 2.52. The van der Waals surface area contributed by atoms with Gasteiger partial charge in [-0.05, 0) is 25.8 Å². The highest BCUT2D eigenvalue weighted by molar-refractivity contribution is 4.88. The second-order valence-electron chi connectivity index (χ2n) is 3.62. The largest absolute Gasteiger partial charge is 0.390 e. The second-order valence-corrected chi connectivity index (χ2v) is 3.62. The van der Waals surface area contributed by atoms with E-state index >= 15 is 0 Å². The van der Waals surface area contributed by atoms with Gasteiger partial charge >= 0.3 is 0 Å². The summed E-state index contributed by atoms with van der Waals surface area (Å²) in [6.45, 7) is 0.363. The molecule has 0 bridgehead atoms. The Kier molecular flexibility index (Phi) is 2.68. The molecule has 4 heteroatoms. The van der Waals surface area contributed by atoms with Crippen molar-refractivity contribution in [3.05, 3.63) is 0 Å². The van der Waals surface area contributed by atoms with Crippen LogP contribution in [0.4, 0.5) is 8.78 Å². The summed E-state index contributed by atoms with van der Waals surface area (Å²) in [5.41, 5.74) is 4.34. The van der Waals surface area contributed by atoms with Crippen molar-refractivity contribution in [2.75, 3.05) is 6.54 Å². The number of nitrogens with two attached hydrogens (primary N) is 1. The Morgan fingerprint density at radius 1 is 1.17 bits per heavy atom. The molecule has 0 spiro atoms. The Balaban J connectivity index is 2.44. The first kappa shape index (κ1) is 9.86. The summed E-state index contributed by atoms with van der Waals surface area (Å²) in [6.07, 6.45) is 0.379. The molecule has 0 aromatic carbocycles. The molecule has 1 aliphatic carbocycles. The van der Waals surface area contributed by atoms with E-state index in [1.807, 2.05) is 0 Å².